The Morgan fingerprint density at radius 2 is 2.13 bits per heavy atom. The van der Waals surface area contributed by atoms with Crippen LogP contribution in [0.3, 0.4) is 0 Å². The van der Waals surface area contributed by atoms with Crippen LogP contribution in [0.5, 0.6) is 0 Å². The minimum Gasteiger partial charge on any atom is -0.393 e. The molecule has 0 bridgehead atoms. The fourth-order valence-corrected chi connectivity index (χ4v) is 1.95. The fourth-order valence-electron chi connectivity index (χ4n) is 1.95. The van der Waals surface area contributed by atoms with Crippen molar-refractivity contribution in [2.75, 3.05) is 46.9 Å². The predicted octanol–water partition coefficient (Wildman–Crippen LogP) is -0.0749. The van der Waals surface area contributed by atoms with Gasteiger partial charge in [0.2, 0.25) is 0 Å². The van der Waals surface area contributed by atoms with Gasteiger partial charge in [0.05, 0.1) is 12.7 Å². The molecule has 15 heavy (non-hydrogen) atoms. The monoisotopic (exact) mass is 216 g/mol. The standard InChI is InChI=1S/C11H24N2O2/c1-13(5-3-12-4-6-15-2)9-10-7-11(14)8-10/h10-12,14H,3-9H2,1-2H3. The highest BCUT2D eigenvalue weighted by molar-refractivity contribution is 4.80. The molecule has 1 saturated carbocycles. The average molecular weight is 216 g/mol. The molecule has 0 aliphatic heterocycles. The van der Waals surface area contributed by atoms with Gasteiger partial charge in [0.25, 0.3) is 0 Å². The van der Waals surface area contributed by atoms with Gasteiger partial charge in [-0.3, -0.25) is 0 Å². The van der Waals surface area contributed by atoms with E-state index >= 15 is 0 Å². The summed E-state index contributed by atoms with van der Waals surface area (Å²) in [5, 5.41) is 12.5. The zero-order valence-electron chi connectivity index (χ0n) is 9.91. The number of aliphatic hydroxyl groups is 1. The summed E-state index contributed by atoms with van der Waals surface area (Å²) in [5.41, 5.74) is 0. The van der Waals surface area contributed by atoms with Crippen LogP contribution in [-0.2, 0) is 4.74 Å². The van der Waals surface area contributed by atoms with Gasteiger partial charge in [0, 0.05) is 33.3 Å². The smallest absolute Gasteiger partial charge is 0.0587 e. The SMILES string of the molecule is COCCNCCN(C)CC1CC(O)C1. The number of aliphatic hydroxyl groups excluding tert-OH is 1. The lowest BCUT2D eigenvalue weighted by atomic mass is 9.82. The van der Waals surface area contributed by atoms with Crippen molar-refractivity contribution in [1.29, 1.82) is 0 Å². The molecule has 1 aliphatic rings. The van der Waals surface area contributed by atoms with Crippen molar-refractivity contribution < 1.29 is 9.84 Å². The third-order valence-electron chi connectivity index (χ3n) is 2.93. The second-order valence-corrected chi connectivity index (χ2v) is 4.50. The molecule has 1 rings (SSSR count). The first-order valence-electron chi connectivity index (χ1n) is 5.78. The van der Waals surface area contributed by atoms with Gasteiger partial charge in [0.1, 0.15) is 0 Å². The topological polar surface area (TPSA) is 44.7 Å². The molecule has 0 heterocycles. The van der Waals surface area contributed by atoms with Crippen molar-refractivity contribution in [2.45, 2.75) is 18.9 Å². The van der Waals surface area contributed by atoms with Gasteiger partial charge >= 0.3 is 0 Å². The van der Waals surface area contributed by atoms with E-state index in [4.69, 9.17) is 9.84 Å². The van der Waals surface area contributed by atoms with E-state index in [-0.39, 0.29) is 6.10 Å². The number of likely N-dealkylation sites (N-methyl/N-ethyl adjacent to an activating group) is 1. The highest BCUT2D eigenvalue weighted by Gasteiger charge is 2.27. The highest BCUT2D eigenvalue weighted by Crippen LogP contribution is 2.27. The van der Waals surface area contributed by atoms with E-state index in [1.807, 2.05) is 0 Å². The lowest BCUT2D eigenvalue weighted by Crippen LogP contribution is -2.39. The van der Waals surface area contributed by atoms with Crippen molar-refractivity contribution in [3.8, 4) is 0 Å². The second kappa shape index (κ2) is 7.17. The Morgan fingerprint density at radius 1 is 1.40 bits per heavy atom. The molecule has 0 unspecified atom stereocenters. The Kier molecular flexibility index (Phi) is 6.17. The van der Waals surface area contributed by atoms with Crippen LogP contribution in [0.15, 0.2) is 0 Å². The van der Waals surface area contributed by atoms with Crippen LogP contribution in [0.25, 0.3) is 0 Å². The van der Waals surface area contributed by atoms with E-state index in [1.165, 1.54) is 0 Å². The number of hydrogen-bond donors (Lipinski definition) is 2. The number of rotatable bonds is 8. The molecule has 4 nitrogen and oxygen atoms in total. The van der Waals surface area contributed by atoms with Gasteiger partial charge in [-0.25, -0.2) is 0 Å². The molecule has 1 fully saturated rings. The summed E-state index contributed by atoms with van der Waals surface area (Å²) in [5.74, 6) is 0.712. The summed E-state index contributed by atoms with van der Waals surface area (Å²) < 4.78 is 4.95. The average Bonchev–Trinajstić information content (AvgIpc) is 2.15. The summed E-state index contributed by atoms with van der Waals surface area (Å²) in [6.07, 6.45) is 1.95. The molecule has 0 aromatic carbocycles. The lowest BCUT2D eigenvalue weighted by molar-refractivity contribution is 0.0285. The Balaban J connectivity index is 1.87. The molecule has 90 valence electrons. The van der Waals surface area contributed by atoms with Crippen LogP contribution in [0.4, 0.5) is 0 Å². The van der Waals surface area contributed by atoms with E-state index < -0.39 is 0 Å². The number of hydrogen-bond acceptors (Lipinski definition) is 4. The van der Waals surface area contributed by atoms with Gasteiger partial charge < -0.3 is 20.1 Å². The first-order valence-corrected chi connectivity index (χ1v) is 5.78. The van der Waals surface area contributed by atoms with Gasteiger partial charge in [-0.05, 0) is 25.8 Å². The molecule has 0 aromatic rings. The maximum Gasteiger partial charge on any atom is 0.0587 e. The molecule has 0 atom stereocenters. The molecule has 0 radical (unpaired) electrons. The van der Waals surface area contributed by atoms with Crippen LogP contribution < -0.4 is 5.32 Å². The van der Waals surface area contributed by atoms with Gasteiger partial charge in [-0.1, -0.05) is 0 Å². The Labute approximate surface area is 92.6 Å². The number of methoxy groups -OCH3 is 1. The van der Waals surface area contributed by atoms with E-state index in [1.54, 1.807) is 7.11 Å². The van der Waals surface area contributed by atoms with Crippen LogP contribution in [0, 0.1) is 5.92 Å². The fraction of sp³-hybridized carbons (Fsp3) is 1.00. The highest BCUT2D eigenvalue weighted by atomic mass is 16.5. The van der Waals surface area contributed by atoms with E-state index in [2.05, 4.69) is 17.3 Å². The largest absolute Gasteiger partial charge is 0.393 e. The predicted molar refractivity (Wildman–Crippen MR) is 61.0 cm³/mol. The molecule has 0 spiro atoms. The van der Waals surface area contributed by atoms with E-state index in [0.29, 0.717) is 5.92 Å². The first kappa shape index (κ1) is 12.9. The minimum absolute atomic E-state index is 0.0248. The van der Waals surface area contributed by atoms with Crippen molar-refractivity contribution in [1.82, 2.24) is 10.2 Å². The van der Waals surface area contributed by atoms with Crippen LogP contribution >= 0.6 is 0 Å². The van der Waals surface area contributed by atoms with Gasteiger partial charge in [-0.15, -0.1) is 0 Å². The Morgan fingerprint density at radius 3 is 2.73 bits per heavy atom. The quantitative estimate of drug-likeness (QED) is 0.557. The van der Waals surface area contributed by atoms with Crippen molar-refractivity contribution >= 4 is 0 Å². The molecule has 0 saturated heterocycles. The molecule has 1 aliphatic carbocycles. The first-order chi connectivity index (χ1) is 7.22. The third-order valence-corrected chi connectivity index (χ3v) is 2.93. The molecule has 0 aromatic heterocycles. The van der Waals surface area contributed by atoms with Gasteiger partial charge in [0.15, 0.2) is 0 Å². The molecule has 2 N–H and O–H groups in total. The number of ether oxygens (including phenoxy) is 1. The zero-order chi connectivity index (χ0) is 11.1. The summed E-state index contributed by atoms with van der Waals surface area (Å²) in [6, 6.07) is 0. The van der Waals surface area contributed by atoms with E-state index in [0.717, 1.165) is 45.6 Å². The molecule has 0 amide bonds. The van der Waals surface area contributed by atoms with Crippen molar-refractivity contribution in [2.24, 2.45) is 5.92 Å². The molecular formula is C11H24N2O2. The maximum atomic E-state index is 9.16. The van der Waals surface area contributed by atoms with Crippen molar-refractivity contribution in [3.05, 3.63) is 0 Å². The molecule has 4 heteroatoms. The van der Waals surface area contributed by atoms with Crippen LogP contribution in [0.2, 0.25) is 0 Å². The normalized spacial score (nSPS) is 25.6. The number of nitrogens with zero attached hydrogens (tertiary/aromatic N) is 1. The third kappa shape index (κ3) is 5.47. The Bertz CT molecular complexity index is 161. The van der Waals surface area contributed by atoms with Crippen LogP contribution in [0.1, 0.15) is 12.8 Å². The zero-order valence-corrected chi connectivity index (χ0v) is 9.91. The Hall–Kier alpha value is -0.160. The maximum absolute atomic E-state index is 9.16. The van der Waals surface area contributed by atoms with Crippen LogP contribution in [-0.4, -0.2) is 63.1 Å². The summed E-state index contributed by atoms with van der Waals surface area (Å²) in [7, 11) is 3.86. The number of nitrogens with one attached hydrogen (secondary N) is 1. The summed E-state index contributed by atoms with van der Waals surface area (Å²) in [6.45, 7) is 4.89. The minimum atomic E-state index is -0.0248. The summed E-state index contributed by atoms with van der Waals surface area (Å²) >= 11 is 0. The van der Waals surface area contributed by atoms with Crippen molar-refractivity contribution in [3.63, 3.8) is 0 Å². The summed E-state index contributed by atoms with van der Waals surface area (Å²) in [4.78, 5) is 2.33. The van der Waals surface area contributed by atoms with Gasteiger partial charge in [-0.2, -0.15) is 0 Å². The second-order valence-electron chi connectivity index (χ2n) is 4.50. The van der Waals surface area contributed by atoms with E-state index in [9.17, 15) is 0 Å². The molecular weight excluding hydrogens is 192 g/mol. The lowest BCUT2D eigenvalue weighted by Gasteiger charge is -2.34.